The molecule has 2 rings (SSSR count). The minimum atomic E-state index is -0.783. The van der Waals surface area contributed by atoms with Gasteiger partial charge in [-0.1, -0.05) is 6.92 Å². The lowest BCUT2D eigenvalue weighted by Gasteiger charge is -2.20. The molecular formula is C12H17N3O3. The molecule has 6 heteroatoms. The highest BCUT2D eigenvalue weighted by molar-refractivity contribution is 5.71. The summed E-state index contributed by atoms with van der Waals surface area (Å²) in [6.45, 7) is 2.99. The molecule has 0 bridgehead atoms. The van der Waals surface area contributed by atoms with Crippen LogP contribution in [0.2, 0.25) is 0 Å². The zero-order valence-electron chi connectivity index (χ0n) is 10.6. The molecule has 98 valence electrons. The van der Waals surface area contributed by atoms with E-state index < -0.39 is 5.97 Å². The Bertz CT molecular complexity index is 524. The topological polar surface area (TPSA) is 75.4 Å². The third kappa shape index (κ3) is 2.23. The van der Waals surface area contributed by atoms with Crippen molar-refractivity contribution in [3.8, 4) is 0 Å². The summed E-state index contributed by atoms with van der Waals surface area (Å²) in [5.74, 6) is -0.579. The largest absolute Gasteiger partial charge is 0.481 e. The lowest BCUT2D eigenvalue weighted by Crippen LogP contribution is -2.31. The number of aromatic nitrogens is 2. The molecule has 1 fully saturated rings. The Labute approximate surface area is 105 Å². The Morgan fingerprint density at radius 2 is 2.33 bits per heavy atom. The third-order valence-electron chi connectivity index (χ3n) is 3.35. The van der Waals surface area contributed by atoms with Crippen molar-refractivity contribution in [1.82, 2.24) is 9.55 Å². The lowest BCUT2D eigenvalue weighted by atomic mass is 10.1. The number of hydrogen-bond acceptors (Lipinski definition) is 4. The number of anilines is 1. The molecule has 0 aromatic carbocycles. The van der Waals surface area contributed by atoms with Crippen LogP contribution in [0, 0.1) is 5.92 Å². The Morgan fingerprint density at radius 3 is 2.89 bits per heavy atom. The molecule has 1 aromatic rings. The van der Waals surface area contributed by atoms with E-state index in [1.54, 1.807) is 7.05 Å². The average Bonchev–Trinajstić information content (AvgIpc) is 2.82. The number of carbonyl (C=O) groups is 1. The molecule has 0 saturated carbocycles. The van der Waals surface area contributed by atoms with E-state index in [1.807, 2.05) is 11.8 Å². The van der Waals surface area contributed by atoms with E-state index >= 15 is 0 Å². The summed E-state index contributed by atoms with van der Waals surface area (Å²) in [5, 5.41) is 8.99. The Kier molecular flexibility index (Phi) is 3.36. The van der Waals surface area contributed by atoms with Crippen LogP contribution in [0.1, 0.15) is 19.0 Å². The second-order valence-electron chi connectivity index (χ2n) is 4.57. The monoisotopic (exact) mass is 251 g/mol. The summed E-state index contributed by atoms with van der Waals surface area (Å²) < 4.78 is 1.48. The van der Waals surface area contributed by atoms with Crippen LogP contribution in [-0.2, 0) is 18.3 Å². The minimum Gasteiger partial charge on any atom is -0.481 e. The van der Waals surface area contributed by atoms with Gasteiger partial charge in [0.15, 0.2) is 0 Å². The van der Waals surface area contributed by atoms with Gasteiger partial charge in [0.2, 0.25) is 5.95 Å². The first kappa shape index (κ1) is 12.6. The normalized spacial score (nSPS) is 19.2. The SMILES string of the molecule is CCc1cc(=O)n(C)c(N2CCC(C(=O)O)C2)n1. The van der Waals surface area contributed by atoms with Crippen LogP contribution in [0.3, 0.4) is 0 Å². The van der Waals surface area contributed by atoms with Gasteiger partial charge in [-0.2, -0.15) is 0 Å². The molecule has 2 heterocycles. The predicted octanol–water partition coefficient (Wildman–Crippen LogP) is 0.254. The minimum absolute atomic E-state index is 0.101. The first-order chi connectivity index (χ1) is 8.52. The molecule has 0 radical (unpaired) electrons. The number of carboxylic acids is 1. The third-order valence-corrected chi connectivity index (χ3v) is 3.35. The number of nitrogens with zero attached hydrogens (tertiary/aromatic N) is 3. The number of carboxylic acid groups (broad SMARTS) is 1. The Morgan fingerprint density at radius 1 is 1.61 bits per heavy atom. The van der Waals surface area contributed by atoms with Gasteiger partial charge < -0.3 is 10.0 Å². The molecule has 18 heavy (non-hydrogen) atoms. The van der Waals surface area contributed by atoms with Gasteiger partial charge in [0.05, 0.1) is 5.92 Å². The van der Waals surface area contributed by atoms with Crippen molar-refractivity contribution in [2.45, 2.75) is 19.8 Å². The van der Waals surface area contributed by atoms with Crippen molar-refractivity contribution < 1.29 is 9.90 Å². The van der Waals surface area contributed by atoms with Gasteiger partial charge in [0.1, 0.15) is 0 Å². The number of aliphatic carboxylic acids is 1. The van der Waals surface area contributed by atoms with Crippen LogP contribution >= 0.6 is 0 Å². The zero-order valence-corrected chi connectivity index (χ0v) is 10.6. The average molecular weight is 251 g/mol. The van der Waals surface area contributed by atoms with Gasteiger partial charge in [-0.05, 0) is 12.8 Å². The van der Waals surface area contributed by atoms with Crippen molar-refractivity contribution in [3.05, 3.63) is 22.1 Å². The molecule has 1 unspecified atom stereocenters. The highest BCUT2D eigenvalue weighted by atomic mass is 16.4. The smallest absolute Gasteiger partial charge is 0.308 e. The summed E-state index contributed by atoms with van der Waals surface area (Å²) in [5.41, 5.74) is 0.641. The maximum Gasteiger partial charge on any atom is 0.308 e. The summed E-state index contributed by atoms with van der Waals surface area (Å²) in [6, 6.07) is 1.52. The first-order valence-electron chi connectivity index (χ1n) is 6.07. The van der Waals surface area contributed by atoms with E-state index in [4.69, 9.17) is 5.11 Å². The van der Waals surface area contributed by atoms with Gasteiger partial charge in [-0.3, -0.25) is 14.2 Å². The molecule has 0 amide bonds. The molecule has 0 spiro atoms. The molecule has 6 nitrogen and oxygen atoms in total. The van der Waals surface area contributed by atoms with E-state index in [9.17, 15) is 9.59 Å². The first-order valence-corrected chi connectivity index (χ1v) is 6.07. The van der Waals surface area contributed by atoms with Crippen molar-refractivity contribution in [3.63, 3.8) is 0 Å². The van der Waals surface area contributed by atoms with Gasteiger partial charge >= 0.3 is 5.97 Å². The molecule has 1 atom stereocenters. The van der Waals surface area contributed by atoms with Gasteiger partial charge in [0.25, 0.3) is 5.56 Å². The fourth-order valence-corrected chi connectivity index (χ4v) is 2.18. The molecule has 0 aliphatic carbocycles. The van der Waals surface area contributed by atoms with Crippen LogP contribution in [0.25, 0.3) is 0 Å². The van der Waals surface area contributed by atoms with Crippen LogP contribution in [0.15, 0.2) is 10.9 Å². The number of hydrogen-bond donors (Lipinski definition) is 1. The molecular weight excluding hydrogens is 234 g/mol. The maximum absolute atomic E-state index is 11.8. The maximum atomic E-state index is 11.8. The van der Waals surface area contributed by atoms with Crippen molar-refractivity contribution in [2.75, 3.05) is 18.0 Å². The van der Waals surface area contributed by atoms with Gasteiger partial charge in [-0.15, -0.1) is 0 Å². The van der Waals surface area contributed by atoms with Crippen LogP contribution in [0.5, 0.6) is 0 Å². The van der Waals surface area contributed by atoms with Crippen molar-refractivity contribution in [2.24, 2.45) is 13.0 Å². The fourth-order valence-electron chi connectivity index (χ4n) is 2.18. The van der Waals surface area contributed by atoms with E-state index in [-0.39, 0.29) is 11.5 Å². The second kappa shape index (κ2) is 4.80. The number of aryl methyl sites for hydroxylation is 1. The van der Waals surface area contributed by atoms with E-state index in [0.29, 0.717) is 31.9 Å². The van der Waals surface area contributed by atoms with Gasteiger partial charge in [-0.25, -0.2) is 4.98 Å². The van der Waals surface area contributed by atoms with Crippen LogP contribution < -0.4 is 10.5 Å². The molecule has 1 aliphatic heterocycles. The van der Waals surface area contributed by atoms with Crippen molar-refractivity contribution >= 4 is 11.9 Å². The molecule has 1 aliphatic rings. The van der Waals surface area contributed by atoms with E-state index in [0.717, 1.165) is 5.69 Å². The fraction of sp³-hybridized carbons (Fsp3) is 0.583. The van der Waals surface area contributed by atoms with Crippen LogP contribution in [-0.4, -0.2) is 33.7 Å². The highest BCUT2D eigenvalue weighted by Gasteiger charge is 2.30. The van der Waals surface area contributed by atoms with Crippen molar-refractivity contribution in [1.29, 1.82) is 0 Å². The second-order valence-corrected chi connectivity index (χ2v) is 4.57. The Hall–Kier alpha value is -1.85. The summed E-state index contributed by atoms with van der Waals surface area (Å²) >= 11 is 0. The highest BCUT2D eigenvalue weighted by Crippen LogP contribution is 2.21. The predicted molar refractivity (Wildman–Crippen MR) is 66.8 cm³/mol. The molecule has 1 aromatic heterocycles. The lowest BCUT2D eigenvalue weighted by molar-refractivity contribution is -0.140. The summed E-state index contributed by atoms with van der Waals surface area (Å²) in [4.78, 5) is 29.0. The zero-order chi connectivity index (χ0) is 13.3. The molecule has 1 saturated heterocycles. The van der Waals surface area contributed by atoms with Crippen LogP contribution in [0.4, 0.5) is 5.95 Å². The quantitative estimate of drug-likeness (QED) is 0.833. The molecule has 1 N–H and O–H groups in total. The summed E-state index contributed by atoms with van der Waals surface area (Å²) in [6.07, 6.45) is 1.29. The van der Waals surface area contributed by atoms with E-state index in [2.05, 4.69) is 4.98 Å². The number of rotatable bonds is 3. The summed E-state index contributed by atoms with van der Waals surface area (Å²) in [7, 11) is 1.66. The standard InChI is InChI=1S/C12H17N3O3/c1-3-9-6-10(16)14(2)12(13-9)15-5-4-8(7-15)11(17)18/h6,8H,3-5,7H2,1-2H3,(H,17,18). The van der Waals surface area contributed by atoms with Gasteiger partial charge in [0, 0.05) is 31.9 Å². The van der Waals surface area contributed by atoms with E-state index in [1.165, 1.54) is 10.6 Å². The Balaban J connectivity index is 2.32.